The van der Waals surface area contributed by atoms with Crippen LogP contribution in [0.15, 0.2) is 59.1 Å². The standard InChI is InChI=1S/C19H9ClO5/c20-15-13(16(21)9-5-1-2-6-10(9)18(15)23)14-17(22)11-7-3-4-8-12(11)25-19(14)24/h1-8,14H. The monoisotopic (exact) mass is 352 g/mol. The third kappa shape index (κ3) is 2.16. The summed E-state index contributed by atoms with van der Waals surface area (Å²) in [6.07, 6.45) is 0. The van der Waals surface area contributed by atoms with Crippen molar-refractivity contribution in [2.24, 2.45) is 5.92 Å². The molecular weight excluding hydrogens is 344 g/mol. The van der Waals surface area contributed by atoms with E-state index in [0.29, 0.717) is 0 Å². The zero-order valence-corrected chi connectivity index (χ0v) is 13.4. The van der Waals surface area contributed by atoms with Crippen LogP contribution in [0.1, 0.15) is 31.1 Å². The Morgan fingerprint density at radius 2 is 1.32 bits per heavy atom. The van der Waals surface area contributed by atoms with Gasteiger partial charge in [0, 0.05) is 16.7 Å². The molecule has 1 aliphatic carbocycles. The number of para-hydroxylation sites is 1. The maximum absolute atomic E-state index is 12.8. The minimum Gasteiger partial charge on any atom is -0.425 e. The van der Waals surface area contributed by atoms with Gasteiger partial charge < -0.3 is 4.74 Å². The fourth-order valence-corrected chi connectivity index (χ4v) is 3.36. The van der Waals surface area contributed by atoms with Crippen molar-refractivity contribution < 1.29 is 23.9 Å². The number of rotatable bonds is 1. The minimum absolute atomic E-state index is 0.117. The molecule has 0 spiro atoms. The van der Waals surface area contributed by atoms with Gasteiger partial charge in [0.2, 0.25) is 5.78 Å². The van der Waals surface area contributed by atoms with Crippen molar-refractivity contribution in [1.29, 1.82) is 0 Å². The minimum atomic E-state index is -1.55. The van der Waals surface area contributed by atoms with Crippen LogP contribution in [-0.4, -0.2) is 23.3 Å². The van der Waals surface area contributed by atoms with E-state index in [1.54, 1.807) is 24.3 Å². The number of allylic oxidation sites excluding steroid dienone is 1. The number of hydrogen-bond acceptors (Lipinski definition) is 5. The molecule has 1 aliphatic heterocycles. The maximum atomic E-state index is 12.8. The molecule has 0 saturated carbocycles. The van der Waals surface area contributed by atoms with Gasteiger partial charge in [-0.1, -0.05) is 48.0 Å². The third-order valence-electron chi connectivity index (χ3n) is 4.25. The molecule has 2 aliphatic rings. The van der Waals surface area contributed by atoms with E-state index in [1.165, 1.54) is 24.3 Å². The highest BCUT2D eigenvalue weighted by atomic mass is 35.5. The van der Waals surface area contributed by atoms with E-state index < -0.39 is 34.3 Å². The number of fused-ring (bicyclic) bond motifs is 2. The van der Waals surface area contributed by atoms with E-state index in [0.717, 1.165) is 0 Å². The van der Waals surface area contributed by atoms with E-state index in [1.807, 2.05) is 0 Å². The highest BCUT2D eigenvalue weighted by Crippen LogP contribution is 2.38. The lowest BCUT2D eigenvalue weighted by Crippen LogP contribution is -2.39. The summed E-state index contributed by atoms with van der Waals surface area (Å²) < 4.78 is 5.17. The molecule has 4 rings (SSSR count). The molecule has 6 heteroatoms. The molecule has 0 aromatic heterocycles. The normalized spacial score (nSPS) is 19.5. The molecule has 0 N–H and O–H groups in total. The van der Waals surface area contributed by atoms with Crippen LogP contribution in [0.2, 0.25) is 0 Å². The van der Waals surface area contributed by atoms with Gasteiger partial charge in [-0.2, -0.15) is 0 Å². The zero-order chi connectivity index (χ0) is 17.7. The summed E-state index contributed by atoms with van der Waals surface area (Å²) in [4.78, 5) is 50.4. The first kappa shape index (κ1) is 15.5. The molecule has 1 atom stereocenters. The Morgan fingerprint density at radius 3 is 2.00 bits per heavy atom. The highest BCUT2D eigenvalue weighted by Gasteiger charge is 2.45. The summed E-state index contributed by atoms with van der Waals surface area (Å²) in [7, 11) is 0. The summed E-state index contributed by atoms with van der Waals surface area (Å²) in [6.45, 7) is 0. The number of benzene rings is 2. The third-order valence-corrected chi connectivity index (χ3v) is 4.62. The van der Waals surface area contributed by atoms with Crippen LogP contribution in [0.25, 0.3) is 0 Å². The number of carbonyl (C=O) groups is 4. The summed E-state index contributed by atoms with van der Waals surface area (Å²) in [5.41, 5.74) is 0.114. The maximum Gasteiger partial charge on any atom is 0.327 e. The van der Waals surface area contributed by atoms with Crippen LogP contribution in [0.4, 0.5) is 0 Å². The van der Waals surface area contributed by atoms with Gasteiger partial charge in [-0.15, -0.1) is 0 Å². The van der Waals surface area contributed by atoms with Crippen molar-refractivity contribution in [2.45, 2.75) is 0 Å². The predicted molar refractivity (Wildman–Crippen MR) is 87.9 cm³/mol. The van der Waals surface area contributed by atoms with Crippen LogP contribution in [-0.2, 0) is 4.79 Å². The summed E-state index contributed by atoms with van der Waals surface area (Å²) >= 11 is 6.10. The Balaban J connectivity index is 1.89. The van der Waals surface area contributed by atoms with Crippen LogP contribution in [0, 0.1) is 5.92 Å². The number of ketones is 3. The first-order valence-corrected chi connectivity index (χ1v) is 7.81. The van der Waals surface area contributed by atoms with Crippen LogP contribution >= 0.6 is 11.6 Å². The van der Waals surface area contributed by atoms with Crippen LogP contribution in [0.5, 0.6) is 5.75 Å². The lowest BCUT2D eigenvalue weighted by Gasteiger charge is -2.26. The molecule has 0 fully saturated rings. The number of ether oxygens (including phenoxy) is 1. The molecule has 1 heterocycles. The molecule has 0 bridgehead atoms. The number of carbonyl (C=O) groups excluding carboxylic acids is 4. The van der Waals surface area contributed by atoms with E-state index in [-0.39, 0.29) is 28.0 Å². The van der Waals surface area contributed by atoms with E-state index in [4.69, 9.17) is 16.3 Å². The van der Waals surface area contributed by atoms with Crippen molar-refractivity contribution >= 4 is 34.9 Å². The Kier molecular flexibility index (Phi) is 3.40. The second-order valence-electron chi connectivity index (χ2n) is 5.65. The summed E-state index contributed by atoms with van der Waals surface area (Å²) in [5, 5.41) is -0.418. The predicted octanol–water partition coefficient (Wildman–Crippen LogP) is 2.98. The molecule has 122 valence electrons. The molecular formula is C19H9ClO5. The summed E-state index contributed by atoms with van der Waals surface area (Å²) in [5.74, 6) is -4.16. The molecule has 0 saturated heterocycles. The molecule has 0 radical (unpaired) electrons. The Morgan fingerprint density at radius 1 is 0.760 bits per heavy atom. The van der Waals surface area contributed by atoms with Gasteiger partial charge in [0.15, 0.2) is 17.5 Å². The van der Waals surface area contributed by atoms with Gasteiger partial charge in [-0.3, -0.25) is 19.2 Å². The average molecular weight is 353 g/mol. The first-order chi connectivity index (χ1) is 12.0. The largest absolute Gasteiger partial charge is 0.425 e. The Bertz CT molecular complexity index is 1020. The van der Waals surface area contributed by atoms with Crippen molar-refractivity contribution in [2.75, 3.05) is 0 Å². The SMILES string of the molecule is O=C1C(Cl)=C(C2C(=O)Oc3ccccc3C2=O)C(=O)c2ccccc21. The Labute approximate surface area is 146 Å². The van der Waals surface area contributed by atoms with Gasteiger partial charge in [-0.25, -0.2) is 0 Å². The number of esters is 1. The van der Waals surface area contributed by atoms with E-state index in [9.17, 15) is 19.2 Å². The van der Waals surface area contributed by atoms with Gasteiger partial charge in [-0.05, 0) is 12.1 Å². The fourth-order valence-electron chi connectivity index (χ4n) is 3.06. The molecule has 2 aromatic rings. The van der Waals surface area contributed by atoms with Gasteiger partial charge in [0.1, 0.15) is 5.75 Å². The van der Waals surface area contributed by atoms with Crippen molar-refractivity contribution in [3.63, 3.8) is 0 Å². The quantitative estimate of drug-likeness (QED) is 0.448. The topological polar surface area (TPSA) is 77.5 Å². The first-order valence-electron chi connectivity index (χ1n) is 7.43. The van der Waals surface area contributed by atoms with Gasteiger partial charge >= 0.3 is 5.97 Å². The number of Topliss-reactive ketones (excluding diaryl/α,β-unsaturated/α-hetero) is 3. The second-order valence-corrected chi connectivity index (χ2v) is 6.02. The second kappa shape index (κ2) is 5.50. The molecule has 5 nitrogen and oxygen atoms in total. The highest BCUT2D eigenvalue weighted by molar-refractivity contribution is 6.51. The zero-order valence-electron chi connectivity index (χ0n) is 12.6. The lowest BCUT2D eigenvalue weighted by molar-refractivity contribution is -0.136. The smallest absolute Gasteiger partial charge is 0.327 e. The van der Waals surface area contributed by atoms with Crippen LogP contribution in [0.3, 0.4) is 0 Å². The fraction of sp³-hybridized carbons (Fsp3) is 0.0526. The number of halogens is 1. The van der Waals surface area contributed by atoms with E-state index in [2.05, 4.69) is 0 Å². The molecule has 1 unspecified atom stereocenters. The van der Waals surface area contributed by atoms with E-state index >= 15 is 0 Å². The molecule has 25 heavy (non-hydrogen) atoms. The molecule has 0 amide bonds. The average Bonchev–Trinajstić information content (AvgIpc) is 2.62. The summed E-state index contributed by atoms with van der Waals surface area (Å²) in [6, 6.07) is 12.4. The Hall–Kier alpha value is -3.05. The lowest BCUT2D eigenvalue weighted by atomic mass is 9.79. The van der Waals surface area contributed by atoms with Gasteiger partial charge in [0.05, 0.1) is 10.6 Å². The van der Waals surface area contributed by atoms with Gasteiger partial charge in [0.25, 0.3) is 0 Å². The molecule has 2 aromatic carbocycles. The number of hydrogen-bond donors (Lipinski definition) is 0. The van der Waals surface area contributed by atoms with Crippen LogP contribution < -0.4 is 4.74 Å². The van der Waals surface area contributed by atoms with Crippen molar-refractivity contribution in [3.8, 4) is 5.75 Å². The van der Waals surface area contributed by atoms with Crippen molar-refractivity contribution in [1.82, 2.24) is 0 Å². The van der Waals surface area contributed by atoms with Crippen molar-refractivity contribution in [3.05, 3.63) is 75.8 Å².